The topological polar surface area (TPSA) is 121 Å². The molecule has 1 unspecified atom stereocenters. The summed E-state index contributed by atoms with van der Waals surface area (Å²) in [5, 5.41) is 12.2. The summed E-state index contributed by atoms with van der Waals surface area (Å²) in [7, 11) is 1.53. The van der Waals surface area contributed by atoms with Crippen LogP contribution in [0.3, 0.4) is 0 Å². The summed E-state index contributed by atoms with van der Waals surface area (Å²) in [6.07, 6.45) is -0.275. The number of halogens is 2. The van der Waals surface area contributed by atoms with E-state index < -0.39 is 41.2 Å². The zero-order valence-corrected chi connectivity index (χ0v) is 22.9. The van der Waals surface area contributed by atoms with Crippen LogP contribution in [0, 0.1) is 24.1 Å². The highest BCUT2D eigenvalue weighted by Crippen LogP contribution is 2.50. The molecule has 4 atom stereocenters. The molecule has 5 heterocycles. The van der Waals surface area contributed by atoms with Crippen molar-refractivity contribution in [3.8, 4) is 11.9 Å². The Balaban J connectivity index is 1.76. The number of nitrogens with zero attached hydrogens (tertiary/aromatic N) is 5. The lowest BCUT2D eigenvalue weighted by Crippen LogP contribution is -2.73. The first-order chi connectivity index (χ1) is 17.8. The van der Waals surface area contributed by atoms with Gasteiger partial charge < -0.3 is 19.7 Å². The molecular weight excluding hydrogens is 515 g/mol. The van der Waals surface area contributed by atoms with Crippen molar-refractivity contribution in [2.75, 3.05) is 18.5 Å². The number of nitrogens with one attached hydrogen (secondary N) is 1. The molecule has 2 aromatic rings. The van der Waals surface area contributed by atoms with Crippen LogP contribution >= 0.6 is 11.6 Å². The predicted octanol–water partition coefficient (Wildman–Crippen LogP) is 3.65. The molecule has 0 radical (unpaired) electrons. The Labute approximate surface area is 225 Å². The average molecular weight is 545 g/mol. The number of aromatic nitrogens is 2. The Morgan fingerprint density at radius 1 is 1.34 bits per heavy atom. The first-order valence-electron chi connectivity index (χ1n) is 12.6. The first kappa shape index (κ1) is 26.2. The average Bonchev–Trinajstić information content (AvgIpc) is 3.06. The highest BCUT2D eigenvalue weighted by molar-refractivity contribution is 6.30. The van der Waals surface area contributed by atoms with Gasteiger partial charge >= 0.3 is 6.09 Å². The lowest BCUT2D eigenvalue weighted by molar-refractivity contribution is -0.133. The number of nitriles is 1. The number of carbonyl (C=O) groups excluding carboxylic acids is 2. The molecular formula is C26H30ClFN6O4. The van der Waals surface area contributed by atoms with Crippen LogP contribution in [-0.4, -0.2) is 69.8 Å². The van der Waals surface area contributed by atoms with E-state index in [-0.39, 0.29) is 35.3 Å². The van der Waals surface area contributed by atoms with Crippen molar-refractivity contribution in [3.05, 3.63) is 22.2 Å². The number of rotatable bonds is 2. The van der Waals surface area contributed by atoms with Crippen LogP contribution in [0.2, 0.25) is 5.15 Å². The van der Waals surface area contributed by atoms with Crippen molar-refractivity contribution >= 4 is 40.2 Å². The van der Waals surface area contributed by atoms with Gasteiger partial charge in [-0.2, -0.15) is 10.2 Å². The molecule has 2 saturated heterocycles. The van der Waals surface area contributed by atoms with E-state index in [0.29, 0.717) is 35.3 Å². The molecule has 0 aliphatic carbocycles. The van der Waals surface area contributed by atoms with Crippen LogP contribution in [0.4, 0.5) is 15.0 Å². The molecule has 0 spiro atoms. The van der Waals surface area contributed by atoms with Crippen molar-refractivity contribution in [2.45, 2.75) is 83.2 Å². The minimum Gasteiger partial charge on any atom is -0.472 e. The van der Waals surface area contributed by atoms with Crippen LogP contribution in [-0.2, 0) is 16.0 Å². The summed E-state index contributed by atoms with van der Waals surface area (Å²) in [5.41, 5.74) is -1.14. The van der Waals surface area contributed by atoms with E-state index in [9.17, 15) is 14.9 Å². The van der Waals surface area contributed by atoms with Gasteiger partial charge in [0.25, 0.3) is 0 Å². The van der Waals surface area contributed by atoms with Gasteiger partial charge in [0.1, 0.15) is 23.1 Å². The molecule has 3 aliphatic heterocycles. The second kappa shape index (κ2) is 8.83. The standard InChI is InChI=1S/C26H30ClFN6O4/c1-12-14(8-10-29)16-17-21(31-12)33-11-26(23(35)30-6)9-7-15(34(26)24(36)38-25(3,4)5)19(33)13(2)37-22(17)32-20(27)18(16)28/h13,15,19H,7-9,11H2,1-6H3,(H,30,35)/t13?,15-,19+,26+/m0/s1. The number of fused-ring (bicyclic) bond motifs is 5. The summed E-state index contributed by atoms with van der Waals surface area (Å²) in [4.78, 5) is 39.6. The fourth-order valence-corrected chi connectivity index (χ4v) is 6.43. The fourth-order valence-electron chi connectivity index (χ4n) is 6.26. The normalized spacial score (nSPS) is 25.8. The molecule has 1 N–H and O–H groups in total. The molecule has 0 saturated carbocycles. The van der Waals surface area contributed by atoms with Gasteiger partial charge in [0.2, 0.25) is 11.8 Å². The van der Waals surface area contributed by atoms with Gasteiger partial charge in [-0.05, 0) is 53.0 Å². The van der Waals surface area contributed by atoms with E-state index in [1.54, 1.807) is 32.6 Å². The van der Waals surface area contributed by atoms with Crippen molar-refractivity contribution in [3.63, 3.8) is 0 Å². The highest BCUT2D eigenvalue weighted by atomic mass is 35.5. The number of piperazine rings is 1. The summed E-state index contributed by atoms with van der Waals surface area (Å²) >= 11 is 6.19. The zero-order valence-electron chi connectivity index (χ0n) is 22.2. The van der Waals surface area contributed by atoms with Gasteiger partial charge in [-0.25, -0.2) is 14.2 Å². The van der Waals surface area contributed by atoms with E-state index in [4.69, 9.17) is 26.1 Å². The van der Waals surface area contributed by atoms with Crippen LogP contribution in [0.1, 0.15) is 51.8 Å². The Morgan fingerprint density at radius 3 is 2.68 bits per heavy atom. The van der Waals surface area contributed by atoms with Crippen molar-refractivity contribution in [1.82, 2.24) is 20.2 Å². The third-order valence-electron chi connectivity index (χ3n) is 7.68. The molecule has 2 bridgehead atoms. The van der Waals surface area contributed by atoms with E-state index in [1.165, 1.54) is 7.05 Å². The minimum atomic E-state index is -1.24. The van der Waals surface area contributed by atoms with Gasteiger partial charge in [0.15, 0.2) is 11.0 Å². The molecule has 2 aromatic heterocycles. The van der Waals surface area contributed by atoms with Crippen LogP contribution in [0.15, 0.2) is 0 Å². The maximum atomic E-state index is 15.5. The third kappa shape index (κ3) is 3.72. The molecule has 0 aromatic carbocycles. The van der Waals surface area contributed by atoms with E-state index in [1.807, 2.05) is 11.8 Å². The maximum Gasteiger partial charge on any atom is 0.411 e. The molecule has 10 nitrogen and oxygen atoms in total. The monoisotopic (exact) mass is 544 g/mol. The largest absolute Gasteiger partial charge is 0.472 e. The third-order valence-corrected chi connectivity index (χ3v) is 7.93. The number of pyridine rings is 2. The van der Waals surface area contributed by atoms with Gasteiger partial charge in [0, 0.05) is 18.1 Å². The number of aryl methyl sites for hydroxylation is 1. The van der Waals surface area contributed by atoms with Gasteiger partial charge in [-0.1, -0.05) is 11.6 Å². The van der Waals surface area contributed by atoms with Gasteiger partial charge in [-0.3, -0.25) is 9.69 Å². The molecule has 5 rings (SSSR count). The fraction of sp³-hybridized carbons (Fsp3) is 0.577. The first-order valence-corrected chi connectivity index (χ1v) is 13.0. The lowest BCUT2D eigenvalue weighted by Gasteiger charge is -2.52. The van der Waals surface area contributed by atoms with Crippen molar-refractivity contribution < 1.29 is 23.5 Å². The van der Waals surface area contributed by atoms with E-state index >= 15 is 4.39 Å². The van der Waals surface area contributed by atoms with Gasteiger partial charge in [-0.15, -0.1) is 0 Å². The molecule has 202 valence electrons. The Kier molecular flexibility index (Phi) is 6.10. The van der Waals surface area contributed by atoms with Crippen LogP contribution in [0.5, 0.6) is 5.88 Å². The summed E-state index contributed by atoms with van der Waals surface area (Å²) < 4.78 is 27.6. The molecule has 38 heavy (non-hydrogen) atoms. The van der Waals surface area contributed by atoms with Crippen LogP contribution in [0.25, 0.3) is 10.8 Å². The second-order valence-electron chi connectivity index (χ2n) is 11.1. The SMILES string of the molecule is CNC(=O)[C@@]12CC[C@@H]([C@H]3C(C)Oc4nc(Cl)c(F)c5c(CC#N)c(C)nc(c45)N3C1)N2C(=O)OC(C)(C)C. The number of ether oxygens (including phenoxy) is 2. The molecule has 12 heteroatoms. The number of anilines is 1. The number of carbonyl (C=O) groups is 2. The molecule has 2 amide bonds. The maximum absolute atomic E-state index is 15.5. The quantitative estimate of drug-likeness (QED) is 0.569. The Bertz CT molecular complexity index is 1410. The summed E-state index contributed by atoms with van der Waals surface area (Å²) in [5.74, 6) is -0.593. The number of amides is 2. The van der Waals surface area contributed by atoms with Crippen molar-refractivity contribution in [2.24, 2.45) is 0 Å². The molecule has 3 aliphatic rings. The lowest BCUT2D eigenvalue weighted by atomic mass is 9.90. The van der Waals surface area contributed by atoms with Crippen LogP contribution < -0.4 is 15.0 Å². The van der Waals surface area contributed by atoms with E-state index in [0.717, 1.165) is 0 Å². The smallest absolute Gasteiger partial charge is 0.411 e. The van der Waals surface area contributed by atoms with Gasteiger partial charge in [0.05, 0.1) is 36.5 Å². The predicted molar refractivity (Wildman–Crippen MR) is 138 cm³/mol. The Hall–Kier alpha value is -3.39. The number of likely N-dealkylation sites (N-methyl/N-ethyl adjacent to an activating group) is 1. The Morgan fingerprint density at radius 2 is 2.05 bits per heavy atom. The number of hydrogen-bond acceptors (Lipinski definition) is 8. The highest BCUT2D eigenvalue weighted by Gasteiger charge is 2.64. The van der Waals surface area contributed by atoms with Crippen molar-refractivity contribution in [1.29, 1.82) is 5.26 Å². The zero-order chi connectivity index (χ0) is 27.7. The second-order valence-corrected chi connectivity index (χ2v) is 11.5. The minimum absolute atomic E-state index is 0.0808. The summed E-state index contributed by atoms with van der Waals surface area (Å²) in [6, 6.07) is 1.16. The number of hydrogen-bond donors (Lipinski definition) is 1. The van der Waals surface area contributed by atoms with E-state index in [2.05, 4.69) is 16.4 Å². The summed E-state index contributed by atoms with van der Waals surface area (Å²) in [6.45, 7) is 8.97. The molecule has 2 fully saturated rings.